The molecule has 0 saturated carbocycles. The highest BCUT2D eigenvalue weighted by molar-refractivity contribution is 6.04. The fourth-order valence-corrected chi connectivity index (χ4v) is 3.64. The molecule has 9 nitrogen and oxygen atoms in total. The van der Waals surface area contributed by atoms with Gasteiger partial charge in [-0.05, 0) is 37.1 Å². The quantitative estimate of drug-likeness (QED) is 0.646. The van der Waals surface area contributed by atoms with Gasteiger partial charge in [0.1, 0.15) is 5.75 Å². The molecule has 4 rings (SSSR count). The van der Waals surface area contributed by atoms with Gasteiger partial charge in [-0.15, -0.1) is 0 Å². The molecule has 1 aliphatic rings. The summed E-state index contributed by atoms with van der Waals surface area (Å²) >= 11 is 0. The first kappa shape index (κ1) is 19.7. The van der Waals surface area contributed by atoms with Crippen LogP contribution in [0, 0.1) is 0 Å². The third-order valence-corrected chi connectivity index (χ3v) is 5.21. The Balaban J connectivity index is 1.48. The van der Waals surface area contributed by atoms with Gasteiger partial charge >= 0.3 is 0 Å². The van der Waals surface area contributed by atoms with Crippen LogP contribution in [0.1, 0.15) is 34.8 Å². The van der Waals surface area contributed by atoms with Crippen LogP contribution in [0.3, 0.4) is 0 Å². The Kier molecular flexibility index (Phi) is 5.78. The van der Waals surface area contributed by atoms with Gasteiger partial charge in [-0.3, -0.25) is 9.89 Å². The molecule has 1 aromatic carbocycles. The second-order valence-corrected chi connectivity index (χ2v) is 7.06. The maximum Gasteiger partial charge on any atom is 0.255 e. The zero-order valence-electron chi connectivity index (χ0n) is 17.0. The van der Waals surface area contributed by atoms with Crippen LogP contribution in [0.2, 0.25) is 0 Å². The van der Waals surface area contributed by atoms with E-state index in [-0.39, 0.29) is 11.8 Å². The van der Waals surface area contributed by atoms with Crippen LogP contribution in [-0.4, -0.2) is 53.4 Å². The molecular formula is C21H24N6O3. The highest BCUT2D eigenvalue weighted by atomic mass is 16.5. The number of carbonyl (C=O) groups excluding carboxylic acids is 1. The van der Waals surface area contributed by atoms with Crippen molar-refractivity contribution in [2.24, 2.45) is 0 Å². The molecule has 2 aromatic heterocycles. The van der Waals surface area contributed by atoms with Crippen molar-refractivity contribution in [3.63, 3.8) is 0 Å². The summed E-state index contributed by atoms with van der Waals surface area (Å²) in [6, 6.07) is 8.72. The molecule has 1 fully saturated rings. The molecule has 0 spiro atoms. The summed E-state index contributed by atoms with van der Waals surface area (Å²) in [6.07, 6.45) is 5.31. The lowest BCUT2D eigenvalue weighted by atomic mass is 9.94. The number of amides is 1. The highest BCUT2D eigenvalue weighted by Crippen LogP contribution is 2.32. The lowest BCUT2D eigenvalue weighted by molar-refractivity contribution is 0.102. The van der Waals surface area contributed by atoms with Crippen molar-refractivity contribution < 1.29 is 14.3 Å². The van der Waals surface area contributed by atoms with E-state index in [4.69, 9.17) is 9.47 Å². The zero-order valence-corrected chi connectivity index (χ0v) is 17.0. The molecule has 1 saturated heterocycles. The number of hydrogen-bond acceptors (Lipinski definition) is 7. The van der Waals surface area contributed by atoms with Crippen molar-refractivity contribution in [1.82, 2.24) is 20.2 Å². The van der Waals surface area contributed by atoms with Crippen LogP contribution in [0.25, 0.3) is 0 Å². The number of anilines is 2. The number of ether oxygens (including phenoxy) is 2. The normalized spacial score (nSPS) is 16.2. The number of nitrogens with one attached hydrogen (secondary N) is 2. The van der Waals surface area contributed by atoms with Gasteiger partial charge in [0.2, 0.25) is 11.8 Å². The Morgan fingerprint density at radius 3 is 2.80 bits per heavy atom. The van der Waals surface area contributed by atoms with E-state index in [1.165, 1.54) is 0 Å². The molecule has 0 unspecified atom stereocenters. The number of methoxy groups -OCH3 is 2. The SMILES string of the molecule is COc1ccc(C(=O)Nc2cn[nH]c2[C@H]2CCCN(c3nccc(OC)n3)C2)cc1. The number of rotatable bonds is 6. The Bertz CT molecular complexity index is 1000. The van der Waals surface area contributed by atoms with Gasteiger partial charge in [0.25, 0.3) is 5.91 Å². The van der Waals surface area contributed by atoms with E-state index in [9.17, 15) is 4.79 Å². The van der Waals surface area contributed by atoms with E-state index in [1.54, 1.807) is 56.9 Å². The predicted octanol–water partition coefficient (Wildman–Crippen LogP) is 2.85. The fourth-order valence-electron chi connectivity index (χ4n) is 3.64. The molecule has 0 bridgehead atoms. The summed E-state index contributed by atoms with van der Waals surface area (Å²) in [6.45, 7) is 1.59. The number of benzene rings is 1. The van der Waals surface area contributed by atoms with E-state index < -0.39 is 0 Å². The number of H-pyrrole nitrogens is 1. The average Bonchev–Trinajstić information content (AvgIpc) is 3.27. The Morgan fingerprint density at radius 2 is 2.03 bits per heavy atom. The number of carbonyl (C=O) groups is 1. The largest absolute Gasteiger partial charge is 0.497 e. The first-order valence-electron chi connectivity index (χ1n) is 9.78. The molecule has 156 valence electrons. The summed E-state index contributed by atoms with van der Waals surface area (Å²) in [5.74, 6) is 1.86. The monoisotopic (exact) mass is 408 g/mol. The average molecular weight is 408 g/mol. The van der Waals surface area contributed by atoms with Crippen LogP contribution in [0.4, 0.5) is 11.6 Å². The number of aromatic amines is 1. The standard InChI is InChI=1S/C21H24N6O3/c1-29-16-7-5-14(6-8-16)20(28)24-17-12-23-26-19(17)15-4-3-11-27(13-15)21-22-10-9-18(25-21)30-2/h5-10,12,15H,3-4,11,13H2,1-2H3,(H,23,26)(H,24,28)/t15-/m0/s1. The summed E-state index contributed by atoms with van der Waals surface area (Å²) in [7, 11) is 3.18. The van der Waals surface area contributed by atoms with Gasteiger partial charge in [0.15, 0.2) is 0 Å². The van der Waals surface area contributed by atoms with Crippen molar-refractivity contribution in [2.45, 2.75) is 18.8 Å². The highest BCUT2D eigenvalue weighted by Gasteiger charge is 2.27. The van der Waals surface area contributed by atoms with E-state index >= 15 is 0 Å². The smallest absolute Gasteiger partial charge is 0.255 e. The maximum absolute atomic E-state index is 12.7. The van der Waals surface area contributed by atoms with Crippen molar-refractivity contribution in [3.8, 4) is 11.6 Å². The molecule has 2 N–H and O–H groups in total. The molecule has 1 amide bonds. The molecule has 1 atom stereocenters. The third-order valence-electron chi connectivity index (χ3n) is 5.21. The molecule has 3 aromatic rings. The maximum atomic E-state index is 12.7. The van der Waals surface area contributed by atoms with Crippen LogP contribution in [0.15, 0.2) is 42.7 Å². The van der Waals surface area contributed by atoms with Crippen molar-refractivity contribution in [3.05, 3.63) is 54.0 Å². The second-order valence-electron chi connectivity index (χ2n) is 7.06. The van der Waals surface area contributed by atoms with Gasteiger partial charge in [-0.2, -0.15) is 10.1 Å². The topological polar surface area (TPSA) is 105 Å². The van der Waals surface area contributed by atoms with E-state index in [1.807, 2.05) is 0 Å². The minimum absolute atomic E-state index is 0.169. The Labute approximate surface area is 174 Å². The molecule has 3 heterocycles. The lowest BCUT2D eigenvalue weighted by Crippen LogP contribution is -2.36. The predicted molar refractivity (Wildman–Crippen MR) is 112 cm³/mol. The molecule has 9 heteroatoms. The number of aromatic nitrogens is 4. The molecule has 30 heavy (non-hydrogen) atoms. The first-order valence-corrected chi connectivity index (χ1v) is 9.78. The first-order chi connectivity index (χ1) is 14.7. The minimum Gasteiger partial charge on any atom is -0.497 e. The van der Waals surface area contributed by atoms with Gasteiger partial charge in [-0.1, -0.05) is 0 Å². The fraction of sp³-hybridized carbons (Fsp3) is 0.333. The van der Waals surface area contributed by atoms with Crippen molar-refractivity contribution >= 4 is 17.5 Å². The van der Waals surface area contributed by atoms with E-state index in [0.717, 1.165) is 31.6 Å². The van der Waals surface area contributed by atoms with Crippen LogP contribution in [-0.2, 0) is 0 Å². The lowest BCUT2D eigenvalue weighted by Gasteiger charge is -2.32. The molecule has 0 radical (unpaired) electrons. The third kappa shape index (κ3) is 4.19. The van der Waals surface area contributed by atoms with Gasteiger partial charge in [0, 0.05) is 36.8 Å². The minimum atomic E-state index is -0.191. The van der Waals surface area contributed by atoms with Crippen molar-refractivity contribution in [1.29, 1.82) is 0 Å². The summed E-state index contributed by atoms with van der Waals surface area (Å²) < 4.78 is 10.4. The summed E-state index contributed by atoms with van der Waals surface area (Å²) in [5, 5.41) is 10.2. The van der Waals surface area contributed by atoms with Crippen LogP contribution in [0.5, 0.6) is 11.6 Å². The number of nitrogens with zero attached hydrogens (tertiary/aromatic N) is 4. The molecular weight excluding hydrogens is 384 g/mol. The van der Waals surface area contributed by atoms with Gasteiger partial charge in [0.05, 0.1) is 31.8 Å². The van der Waals surface area contributed by atoms with Crippen LogP contribution < -0.4 is 19.7 Å². The number of hydrogen-bond donors (Lipinski definition) is 2. The zero-order chi connectivity index (χ0) is 20.9. The van der Waals surface area contributed by atoms with E-state index in [2.05, 4.69) is 30.4 Å². The second kappa shape index (κ2) is 8.81. The van der Waals surface area contributed by atoms with E-state index in [0.29, 0.717) is 28.8 Å². The van der Waals surface area contributed by atoms with Crippen LogP contribution >= 0.6 is 0 Å². The summed E-state index contributed by atoms with van der Waals surface area (Å²) in [4.78, 5) is 23.6. The Hall–Kier alpha value is -3.62. The van der Waals surface area contributed by atoms with Crippen molar-refractivity contribution in [2.75, 3.05) is 37.5 Å². The molecule has 0 aliphatic carbocycles. The Morgan fingerprint density at radius 1 is 1.20 bits per heavy atom. The van der Waals surface area contributed by atoms with Gasteiger partial charge in [-0.25, -0.2) is 4.98 Å². The molecule has 1 aliphatic heterocycles. The summed E-state index contributed by atoms with van der Waals surface area (Å²) in [5.41, 5.74) is 2.15. The number of piperidine rings is 1. The van der Waals surface area contributed by atoms with Gasteiger partial charge < -0.3 is 19.7 Å².